The zero-order chi connectivity index (χ0) is 16.9. The van der Waals surface area contributed by atoms with Crippen molar-refractivity contribution < 1.29 is 4.79 Å². The number of amides is 2. The lowest BCUT2D eigenvalue weighted by Crippen LogP contribution is -2.45. The molecule has 1 fully saturated rings. The van der Waals surface area contributed by atoms with Gasteiger partial charge in [0.25, 0.3) is 5.56 Å². The Bertz CT molecular complexity index is 739. The molecular formula is C16H22N6O2. The number of hydrogen-bond donors (Lipinski definition) is 2. The molecule has 2 aromatic heterocycles. The largest absolute Gasteiger partial charge is 0.338 e. The first-order chi connectivity index (χ1) is 11.6. The van der Waals surface area contributed by atoms with Gasteiger partial charge in [0.2, 0.25) is 0 Å². The van der Waals surface area contributed by atoms with Crippen LogP contribution in [0.1, 0.15) is 24.4 Å². The first-order valence-corrected chi connectivity index (χ1v) is 8.20. The average Bonchev–Trinajstić information content (AvgIpc) is 3.18. The average molecular weight is 330 g/mol. The van der Waals surface area contributed by atoms with Gasteiger partial charge in [0.1, 0.15) is 5.82 Å². The Morgan fingerprint density at radius 1 is 1.50 bits per heavy atom. The predicted octanol–water partition coefficient (Wildman–Crippen LogP) is 0.692. The van der Waals surface area contributed by atoms with Crippen LogP contribution in [0.3, 0.4) is 0 Å². The van der Waals surface area contributed by atoms with Gasteiger partial charge in [-0.2, -0.15) is 5.10 Å². The molecule has 0 bridgehead atoms. The number of H-pyrrole nitrogens is 1. The lowest BCUT2D eigenvalue weighted by Gasteiger charge is -2.25. The summed E-state index contributed by atoms with van der Waals surface area (Å²) in [6, 6.07) is 3.43. The number of urea groups is 1. The second-order valence-corrected chi connectivity index (χ2v) is 6.03. The molecule has 2 aromatic rings. The van der Waals surface area contributed by atoms with Crippen LogP contribution in [0, 0.1) is 6.92 Å². The summed E-state index contributed by atoms with van der Waals surface area (Å²) in [6.07, 6.45) is 6.15. The number of aromatic nitrogens is 4. The van der Waals surface area contributed by atoms with Crippen molar-refractivity contribution >= 4 is 6.03 Å². The lowest BCUT2D eigenvalue weighted by atomic mass is 10.2. The molecule has 1 atom stereocenters. The number of aromatic amines is 1. The van der Waals surface area contributed by atoms with Gasteiger partial charge in [-0.3, -0.25) is 9.48 Å². The smallest absolute Gasteiger partial charge is 0.317 e. The number of hydrogen-bond acceptors (Lipinski definition) is 4. The number of carbonyl (C=O) groups excluding carboxylic acids is 1. The fraction of sp³-hybridized carbons (Fsp3) is 0.500. The molecule has 1 saturated heterocycles. The van der Waals surface area contributed by atoms with E-state index in [-0.39, 0.29) is 17.6 Å². The molecule has 3 heterocycles. The van der Waals surface area contributed by atoms with Crippen molar-refractivity contribution in [3.05, 3.63) is 46.4 Å². The number of likely N-dealkylation sites (tertiary alicyclic amines) is 1. The van der Waals surface area contributed by atoms with E-state index in [1.165, 1.54) is 6.07 Å². The van der Waals surface area contributed by atoms with Gasteiger partial charge in [-0.05, 0) is 25.8 Å². The second-order valence-electron chi connectivity index (χ2n) is 6.03. The molecule has 0 radical (unpaired) electrons. The van der Waals surface area contributed by atoms with Crippen molar-refractivity contribution in [1.82, 2.24) is 30.0 Å². The van der Waals surface area contributed by atoms with Crippen molar-refractivity contribution in [2.24, 2.45) is 0 Å². The van der Waals surface area contributed by atoms with Gasteiger partial charge in [0.15, 0.2) is 0 Å². The Hall–Kier alpha value is -2.64. The van der Waals surface area contributed by atoms with E-state index in [0.717, 1.165) is 19.4 Å². The lowest BCUT2D eigenvalue weighted by molar-refractivity contribution is 0.186. The van der Waals surface area contributed by atoms with Crippen molar-refractivity contribution in [3.8, 4) is 0 Å². The van der Waals surface area contributed by atoms with Crippen LogP contribution in [-0.2, 0) is 13.0 Å². The van der Waals surface area contributed by atoms with Gasteiger partial charge in [0, 0.05) is 43.7 Å². The zero-order valence-corrected chi connectivity index (χ0v) is 13.7. The molecule has 0 aliphatic carbocycles. The monoisotopic (exact) mass is 330 g/mol. The molecule has 2 amide bonds. The van der Waals surface area contributed by atoms with E-state index in [4.69, 9.17) is 0 Å². The first kappa shape index (κ1) is 16.2. The van der Waals surface area contributed by atoms with Gasteiger partial charge < -0.3 is 15.2 Å². The van der Waals surface area contributed by atoms with Crippen LogP contribution in [0.5, 0.6) is 0 Å². The maximum atomic E-state index is 12.4. The van der Waals surface area contributed by atoms with Gasteiger partial charge in [0.05, 0.1) is 12.6 Å². The Kier molecular flexibility index (Phi) is 4.93. The molecule has 3 rings (SSSR count). The van der Waals surface area contributed by atoms with Crippen LogP contribution in [0.2, 0.25) is 0 Å². The third-order valence-corrected chi connectivity index (χ3v) is 4.15. The summed E-state index contributed by atoms with van der Waals surface area (Å²) >= 11 is 0. The molecule has 0 saturated carbocycles. The van der Waals surface area contributed by atoms with Crippen molar-refractivity contribution in [2.75, 3.05) is 13.1 Å². The van der Waals surface area contributed by atoms with Crippen molar-refractivity contribution in [2.45, 2.75) is 38.8 Å². The molecule has 128 valence electrons. The summed E-state index contributed by atoms with van der Waals surface area (Å²) in [5.41, 5.74) is 0.515. The number of nitrogens with zero attached hydrogens (tertiary/aromatic N) is 4. The molecule has 2 N–H and O–H groups in total. The predicted molar refractivity (Wildman–Crippen MR) is 88.7 cm³/mol. The van der Waals surface area contributed by atoms with E-state index >= 15 is 0 Å². The highest BCUT2D eigenvalue weighted by Gasteiger charge is 2.28. The highest BCUT2D eigenvalue weighted by molar-refractivity contribution is 5.74. The molecule has 0 unspecified atom stereocenters. The van der Waals surface area contributed by atoms with Gasteiger partial charge in [-0.25, -0.2) is 9.78 Å². The third kappa shape index (κ3) is 4.01. The van der Waals surface area contributed by atoms with E-state index in [9.17, 15) is 9.59 Å². The minimum atomic E-state index is -0.164. The fourth-order valence-electron chi connectivity index (χ4n) is 3.07. The molecule has 0 spiro atoms. The van der Waals surface area contributed by atoms with E-state index in [0.29, 0.717) is 31.0 Å². The van der Waals surface area contributed by atoms with Crippen LogP contribution in [0.4, 0.5) is 4.79 Å². The normalized spacial score (nSPS) is 17.2. The van der Waals surface area contributed by atoms with Crippen LogP contribution in [0.15, 0.2) is 29.3 Å². The second kappa shape index (κ2) is 7.29. The van der Waals surface area contributed by atoms with Crippen LogP contribution in [0.25, 0.3) is 0 Å². The summed E-state index contributed by atoms with van der Waals surface area (Å²) in [5, 5.41) is 7.12. The summed E-state index contributed by atoms with van der Waals surface area (Å²) in [7, 11) is 0. The number of carbonyl (C=O) groups is 1. The van der Waals surface area contributed by atoms with Crippen molar-refractivity contribution in [1.29, 1.82) is 0 Å². The summed E-state index contributed by atoms with van der Waals surface area (Å²) in [6.45, 7) is 3.70. The van der Waals surface area contributed by atoms with Gasteiger partial charge in [-0.1, -0.05) is 0 Å². The summed E-state index contributed by atoms with van der Waals surface area (Å²) in [5.74, 6) is 0.592. The molecule has 1 aliphatic heterocycles. The van der Waals surface area contributed by atoms with Crippen molar-refractivity contribution in [3.63, 3.8) is 0 Å². The molecular weight excluding hydrogens is 308 g/mol. The Balaban J connectivity index is 1.51. The van der Waals surface area contributed by atoms with E-state index in [1.807, 2.05) is 21.8 Å². The van der Waals surface area contributed by atoms with Crippen LogP contribution >= 0.6 is 0 Å². The molecule has 0 aromatic carbocycles. The van der Waals surface area contributed by atoms with E-state index < -0.39 is 0 Å². The van der Waals surface area contributed by atoms with E-state index in [1.54, 1.807) is 13.1 Å². The minimum absolute atomic E-state index is 0.0698. The Morgan fingerprint density at radius 3 is 3.12 bits per heavy atom. The molecule has 24 heavy (non-hydrogen) atoms. The molecule has 8 heteroatoms. The number of rotatable bonds is 5. The Morgan fingerprint density at radius 2 is 2.38 bits per heavy atom. The molecule has 1 aliphatic rings. The van der Waals surface area contributed by atoms with Crippen LogP contribution in [-0.4, -0.2) is 49.8 Å². The maximum absolute atomic E-state index is 12.4. The minimum Gasteiger partial charge on any atom is -0.338 e. The number of aryl methyl sites for hydroxylation is 1. The van der Waals surface area contributed by atoms with Gasteiger partial charge in [-0.15, -0.1) is 0 Å². The third-order valence-electron chi connectivity index (χ3n) is 4.15. The zero-order valence-electron chi connectivity index (χ0n) is 13.7. The van der Waals surface area contributed by atoms with Gasteiger partial charge >= 0.3 is 6.03 Å². The molecule has 8 nitrogen and oxygen atoms in total. The fourth-order valence-corrected chi connectivity index (χ4v) is 3.07. The number of nitrogens with one attached hydrogen (secondary N) is 2. The topological polar surface area (TPSA) is 95.9 Å². The standard InChI is InChI=1S/C16H22N6O2/c1-12-10-15(23)20-14(19-12)5-7-17-16(24)22-9-2-4-13(22)11-21-8-3-6-18-21/h3,6,8,10,13H,2,4-5,7,9,11H2,1H3,(H,17,24)(H,19,20,23)/t13-/m1/s1. The van der Waals surface area contributed by atoms with Crippen LogP contribution < -0.4 is 10.9 Å². The quantitative estimate of drug-likeness (QED) is 0.843. The summed E-state index contributed by atoms with van der Waals surface area (Å²) in [4.78, 5) is 32.6. The maximum Gasteiger partial charge on any atom is 0.317 e. The SMILES string of the molecule is Cc1cc(=O)[nH]c(CCNC(=O)N2CCC[C@@H]2Cn2cccn2)n1. The Labute approximate surface area is 139 Å². The summed E-state index contributed by atoms with van der Waals surface area (Å²) < 4.78 is 1.86. The first-order valence-electron chi connectivity index (χ1n) is 8.20. The highest BCUT2D eigenvalue weighted by Crippen LogP contribution is 2.18. The van der Waals surface area contributed by atoms with E-state index in [2.05, 4.69) is 20.4 Å². The highest BCUT2D eigenvalue weighted by atomic mass is 16.2.